The Bertz CT molecular complexity index is 1520. The maximum absolute atomic E-state index is 13.6. The van der Waals surface area contributed by atoms with E-state index in [9.17, 15) is 24.3 Å². The van der Waals surface area contributed by atoms with Gasteiger partial charge in [-0.2, -0.15) is 0 Å². The van der Waals surface area contributed by atoms with Crippen molar-refractivity contribution in [3.05, 3.63) is 92.7 Å². The fraction of sp³-hybridized carbons (Fsp3) is 0.344. The highest BCUT2D eigenvalue weighted by Crippen LogP contribution is 2.40. The molecule has 12 heteroatoms. The van der Waals surface area contributed by atoms with Crippen molar-refractivity contribution in [2.75, 3.05) is 5.32 Å². The summed E-state index contributed by atoms with van der Waals surface area (Å²) < 4.78 is 0. The number of amides is 3. The molecule has 1 aromatic heterocycles. The van der Waals surface area contributed by atoms with E-state index >= 15 is 0 Å². The van der Waals surface area contributed by atoms with Crippen LogP contribution in [-0.2, 0) is 27.2 Å². The molecular formula is C32H31Cl3N4O5. The molecule has 3 fully saturated rings. The number of carbonyl (C=O) groups is 4. The minimum atomic E-state index is -1.20. The first-order chi connectivity index (χ1) is 21.1. The molecule has 3 aliphatic rings. The third-order valence-electron chi connectivity index (χ3n) is 8.33. The van der Waals surface area contributed by atoms with Crippen LogP contribution < -0.4 is 10.6 Å². The lowest BCUT2D eigenvalue weighted by Gasteiger charge is -2.50. The number of nitrogens with zero attached hydrogens (tertiary/aromatic N) is 2. The number of pyridine rings is 1. The smallest absolute Gasteiger partial charge is 0.326 e. The van der Waals surface area contributed by atoms with Crippen molar-refractivity contribution in [1.82, 2.24) is 15.2 Å². The highest BCUT2D eigenvalue weighted by Gasteiger charge is 2.47. The highest BCUT2D eigenvalue weighted by molar-refractivity contribution is 6.40. The monoisotopic (exact) mass is 656 g/mol. The topological polar surface area (TPSA) is 129 Å². The van der Waals surface area contributed by atoms with Gasteiger partial charge < -0.3 is 20.6 Å². The summed E-state index contributed by atoms with van der Waals surface area (Å²) in [7, 11) is 0. The number of carbonyl (C=O) groups excluding carboxylic acids is 3. The zero-order valence-electron chi connectivity index (χ0n) is 23.6. The van der Waals surface area contributed by atoms with E-state index < -0.39 is 29.9 Å². The molecule has 6 rings (SSSR count). The van der Waals surface area contributed by atoms with Crippen LogP contribution >= 0.6 is 34.8 Å². The SMILES string of the molecule is O=C(Nc1ccc(CC(NC(=O)C2C3CCC(CC3)N2C(=O)CCc2ccc(Cl)cc2)C(=O)O)cc1)c1c(Cl)cncc1Cl. The Hall–Kier alpha value is -3.66. The summed E-state index contributed by atoms with van der Waals surface area (Å²) in [6.45, 7) is 0. The van der Waals surface area contributed by atoms with E-state index in [-0.39, 0.29) is 46.3 Å². The van der Waals surface area contributed by atoms with E-state index in [2.05, 4.69) is 15.6 Å². The van der Waals surface area contributed by atoms with Gasteiger partial charge in [-0.25, -0.2) is 4.79 Å². The summed E-state index contributed by atoms with van der Waals surface area (Å²) in [6, 6.07) is 12.0. The summed E-state index contributed by atoms with van der Waals surface area (Å²) in [5.41, 5.74) is 2.16. The van der Waals surface area contributed by atoms with E-state index in [0.717, 1.165) is 31.2 Å². The Morgan fingerprint density at radius 2 is 1.50 bits per heavy atom. The third kappa shape index (κ3) is 7.34. The second-order valence-corrected chi connectivity index (χ2v) is 12.4. The van der Waals surface area contributed by atoms with Crippen molar-refractivity contribution in [1.29, 1.82) is 0 Å². The van der Waals surface area contributed by atoms with Gasteiger partial charge in [0.1, 0.15) is 12.1 Å². The van der Waals surface area contributed by atoms with Gasteiger partial charge in [-0.1, -0.05) is 59.1 Å². The number of nitrogens with one attached hydrogen (secondary N) is 2. The Morgan fingerprint density at radius 1 is 0.886 bits per heavy atom. The number of benzene rings is 2. The molecular weight excluding hydrogens is 627 g/mol. The minimum absolute atomic E-state index is 0.0146. The van der Waals surface area contributed by atoms with Crippen molar-refractivity contribution in [3.63, 3.8) is 0 Å². The summed E-state index contributed by atoms with van der Waals surface area (Å²) >= 11 is 18.1. The van der Waals surface area contributed by atoms with Gasteiger partial charge in [-0.15, -0.1) is 0 Å². The average Bonchev–Trinajstić information content (AvgIpc) is 3.01. The molecule has 1 aliphatic carbocycles. The number of anilines is 1. The van der Waals surface area contributed by atoms with Crippen molar-refractivity contribution >= 4 is 64.2 Å². The summed E-state index contributed by atoms with van der Waals surface area (Å²) in [5, 5.41) is 16.2. The number of piperidine rings is 2. The van der Waals surface area contributed by atoms with Crippen molar-refractivity contribution in [3.8, 4) is 0 Å². The Labute approximate surface area is 269 Å². The van der Waals surface area contributed by atoms with E-state index in [4.69, 9.17) is 34.8 Å². The number of carboxylic acid groups (broad SMARTS) is 1. The van der Waals surface area contributed by atoms with Crippen LogP contribution in [0, 0.1) is 5.92 Å². The molecule has 3 heterocycles. The van der Waals surface area contributed by atoms with Crippen LogP contribution in [0.15, 0.2) is 60.9 Å². The number of aryl methyl sites for hydroxylation is 1. The van der Waals surface area contributed by atoms with Crippen LogP contribution in [0.25, 0.3) is 0 Å². The zero-order chi connectivity index (χ0) is 31.4. The quantitative estimate of drug-likeness (QED) is 0.253. The molecule has 2 aliphatic heterocycles. The minimum Gasteiger partial charge on any atom is -0.480 e. The average molecular weight is 658 g/mol. The van der Waals surface area contributed by atoms with Gasteiger partial charge in [0.2, 0.25) is 11.8 Å². The summed E-state index contributed by atoms with van der Waals surface area (Å²) in [5.74, 6) is -2.26. The molecule has 44 heavy (non-hydrogen) atoms. The van der Waals surface area contributed by atoms with Crippen LogP contribution in [0.5, 0.6) is 0 Å². The van der Waals surface area contributed by atoms with Gasteiger partial charge in [0.15, 0.2) is 0 Å². The lowest BCUT2D eigenvalue weighted by Crippen LogP contribution is -2.64. The molecule has 3 N–H and O–H groups in total. The molecule has 230 valence electrons. The highest BCUT2D eigenvalue weighted by atomic mass is 35.5. The van der Waals surface area contributed by atoms with Crippen LogP contribution in [0.2, 0.25) is 15.1 Å². The van der Waals surface area contributed by atoms with Crippen LogP contribution in [0.4, 0.5) is 5.69 Å². The maximum Gasteiger partial charge on any atom is 0.326 e. The Balaban J connectivity index is 1.23. The molecule has 3 amide bonds. The van der Waals surface area contributed by atoms with E-state index in [1.54, 1.807) is 41.3 Å². The van der Waals surface area contributed by atoms with Crippen LogP contribution in [0.3, 0.4) is 0 Å². The molecule has 2 saturated heterocycles. The van der Waals surface area contributed by atoms with Crippen molar-refractivity contribution < 1.29 is 24.3 Å². The van der Waals surface area contributed by atoms with E-state index in [1.165, 1.54) is 12.4 Å². The number of halogens is 3. The summed E-state index contributed by atoms with van der Waals surface area (Å²) in [6.07, 6.45) is 6.76. The van der Waals surface area contributed by atoms with Gasteiger partial charge >= 0.3 is 5.97 Å². The van der Waals surface area contributed by atoms with Gasteiger partial charge in [0.05, 0.1) is 15.6 Å². The molecule has 0 radical (unpaired) electrons. The standard InChI is InChI=1S/C32H31Cl3N4O5/c33-21-8-1-18(2-9-21)5-14-27(40)39-23-12-6-20(7-13-23)29(39)31(42)38-26(32(43)44)15-19-3-10-22(11-4-19)37-30(41)28-24(34)16-36-17-25(28)35/h1-4,8-11,16-17,20,23,26,29H,5-7,12-15H2,(H,37,41)(H,38,42)(H,43,44). The number of aromatic nitrogens is 1. The van der Waals surface area contributed by atoms with Gasteiger partial charge in [-0.3, -0.25) is 19.4 Å². The number of hydrogen-bond donors (Lipinski definition) is 3. The lowest BCUT2D eigenvalue weighted by atomic mass is 9.74. The van der Waals surface area contributed by atoms with Gasteiger partial charge in [-0.05, 0) is 73.4 Å². The number of hydrogen-bond acceptors (Lipinski definition) is 5. The lowest BCUT2D eigenvalue weighted by molar-refractivity contribution is -0.154. The maximum atomic E-state index is 13.6. The zero-order valence-corrected chi connectivity index (χ0v) is 25.9. The molecule has 1 saturated carbocycles. The number of rotatable bonds is 10. The van der Waals surface area contributed by atoms with E-state index in [0.29, 0.717) is 22.7 Å². The molecule has 2 bridgehead atoms. The normalized spacial score (nSPS) is 19.7. The molecule has 3 aromatic rings. The van der Waals surface area contributed by atoms with Crippen molar-refractivity contribution in [2.45, 2.75) is 63.1 Å². The van der Waals surface area contributed by atoms with E-state index in [1.807, 2.05) is 12.1 Å². The fourth-order valence-electron chi connectivity index (χ4n) is 6.12. The third-order valence-corrected chi connectivity index (χ3v) is 9.15. The predicted molar refractivity (Wildman–Crippen MR) is 168 cm³/mol. The predicted octanol–water partition coefficient (Wildman–Crippen LogP) is 5.81. The second-order valence-electron chi connectivity index (χ2n) is 11.2. The Kier molecular flexibility index (Phi) is 10.1. The first-order valence-corrected chi connectivity index (χ1v) is 15.5. The van der Waals surface area contributed by atoms with Crippen LogP contribution in [-0.4, -0.2) is 56.8 Å². The summed E-state index contributed by atoms with van der Waals surface area (Å²) in [4.78, 5) is 57.5. The van der Waals surface area contributed by atoms with Gasteiger partial charge in [0, 0.05) is 42.0 Å². The number of carboxylic acids is 1. The first kappa shape index (κ1) is 31.8. The molecule has 2 atom stereocenters. The number of aliphatic carboxylic acids is 1. The van der Waals surface area contributed by atoms with Gasteiger partial charge in [0.25, 0.3) is 5.91 Å². The second kappa shape index (κ2) is 14.0. The largest absolute Gasteiger partial charge is 0.480 e. The molecule has 2 unspecified atom stereocenters. The van der Waals surface area contributed by atoms with Crippen molar-refractivity contribution in [2.24, 2.45) is 5.92 Å². The fourth-order valence-corrected chi connectivity index (χ4v) is 6.78. The molecule has 0 spiro atoms. The van der Waals surface area contributed by atoms with Crippen LogP contribution in [0.1, 0.15) is 53.6 Å². The molecule has 9 nitrogen and oxygen atoms in total. The number of fused-ring (bicyclic) bond motifs is 3. The Morgan fingerprint density at radius 3 is 2.11 bits per heavy atom. The first-order valence-electron chi connectivity index (χ1n) is 14.4. The molecule has 2 aromatic carbocycles.